The Morgan fingerprint density at radius 2 is 1.70 bits per heavy atom. The Kier molecular flexibility index (Phi) is 5.95. The van der Waals surface area contributed by atoms with Gasteiger partial charge in [-0.2, -0.15) is 9.78 Å². The Bertz CT molecular complexity index is 1300. The lowest BCUT2D eigenvalue weighted by atomic mass is 10.1. The minimum Gasteiger partial charge on any atom is -0.457 e. The molecule has 0 spiro atoms. The van der Waals surface area contributed by atoms with Crippen molar-refractivity contribution >= 4 is 5.82 Å². The molecule has 0 aliphatic rings. The van der Waals surface area contributed by atoms with Gasteiger partial charge in [0.15, 0.2) is 0 Å². The predicted molar refractivity (Wildman–Crippen MR) is 121 cm³/mol. The number of anilines is 1. The quantitative estimate of drug-likeness (QED) is 0.458. The first kappa shape index (κ1) is 22.2. The summed E-state index contributed by atoms with van der Waals surface area (Å²) in [5.74, 6) is 0.437. The average Bonchev–Trinajstić information content (AvgIpc) is 3.11. The molecule has 170 valence electrons. The standard InChI is InChI=1S/C24H23F2N5O2/c1-24(2,3)29-22-13-18(11-12-27-22)33-17-9-7-16(8-10-17)31-23(32)30(15-28-31)14-19-20(25)5-4-6-21(19)26/h4-13,15H,14H2,1-3H3,(H,27,29). The molecule has 0 radical (unpaired) electrons. The van der Waals surface area contributed by atoms with Crippen LogP contribution < -0.4 is 15.7 Å². The fourth-order valence-corrected chi connectivity index (χ4v) is 3.19. The maximum Gasteiger partial charge on any atom is 0.350 e. The van der Waals surface area contributed by atoms with E-state index in [1.807, 2.05) is 20.8 Å². The summed E-state index contributed by atoms with van der Waals surface area (Å²) in [6.07, 6.45) is 2.90. The summed E-state index contributed by atoms with van der Waals surface area (Å²) in [6.45, 7) is 5.86. The van der Waals surface area contributed by atoms with E-state index in [1.165, 1.54) is 12.4 Å². The number of halogens is 2. The summed E-state index contributed by atoms with van der Waals surface area (Å²) in [5.41, 5.74) is -0.356. The third-order valence-electron chi connectivity index (χ3n) is 4.67. The predicted octanol–water partition coefficient (Wildman–Crippen LogP) is 4.76. The number of aromatic nitrogens is 4. The second-order valence-corrected chi connectivity index (χ2v) is 8.50. The van der Waals surface area contributed by atoms with Gasteiger partial charge in [0.2, 0.25) is 0 Å². The first-order valence-electron chi connectivity index (χ1n) is 10.3. The van der Waals surface area contributed by atoms with Gasteiger partial charge in [0.1, 0.15) is 35.3 Å². The molecule has 0 fully saturated rings. The molecule has 33 heavy (non-hydrogen) atoms. The maximum atomic E-state index is 13.9. The monoisotopic (exact) mass is 451 g/mol. The molecular weight excluding hydrogens is 428 g/mol. The van der Waals surface area contributed by atoms with Crippen molar-refractivity contribution in [3.8, 4) is 17.2 Å². The van der Waals surface area contributed by atoms with Crippen LogP contribution in [0.4, 0.5) is 14.6 Å². The Morgan fingerprint density at radius 3 is 2.36 bits per heavy atom. The van der Waals surface area contributed by atoms with Crippen LogP contribution in [0.1, 0.15) is 26.3 Å². The van der Waals surface area contributed by atoms with Gasteiger partial charge in [-0.05, 0) is 63.2 Å². The van der Waals surface area contributed by atoms with Gasteiger partial charge in [0.25, 0.3) is 0 Å². The fraction of sp³-hybridized carbons (Fsp3) is 0.208. The summed E-state index contributed by atoms with van der Waals surface area (Å²) in [6, 6.07) is 13.9. The van der Waals surface area contributed by atoms with Gasteiger partial charge in [-0.25, -0.2) is 18.6 Å². The van der Waals surface area contributed by atoms with Gasteiger partial charge >= 0.3 is 5.69 Å². The summed E-state index contributed by atoms with van der Waals surface area (Å²) in [7, 11) is 0. The number of ether oxygens (including phenoxy) is 1. The van der Waals surface area contributed by atoms with Crippen LogP contribution in [-0.2, 0) is 6.54 Å². The molecule has 0 aliphatic carbocycles. The molecule has 0 aliphatic heterocycles. The third kappa shape index (κ3) is 5.25. The number of nitrogens with one attached hydrogen (secondary N) is 1. The van der Waals surface area contributed by atoms with Crippen LogP contribution in [0.15, 0.2) is 71.9 Å². The van der Waals surface area contributed by atoms with Crippen molar-refractivity contribution in [3.05, 3.63) is 94.8 Å². The maximum absolute atomic E-state index is 13.9. The van der Waals surface area contributed by atoms with E-state index in [0.717, 1.165) is 21.4 Å². The van der Waals surface area contributed by atoms with E-state index < -0.39 is 17.3 Å². The smallest absolute Gasteiger partial charge is 0.350 e. The molecule has 1 N–H and O–H groups in total. The van der Waals surface area contributed by atoms with E-state index in [9.17, 15) is 13.6 Å². The van der Waals surface area contributed by atoms with Crippen LogP contribution in [0.2, 0.25) is 0 Å². The summed E-state index contributed by atoms with van der Waals surface area (Å²) in [4.78, 5) is 17.0. The first-order valence-corrected chi connectivity index (χ1v) is 10.3. The second-order valence-electron chi connectivity index (χ2n) is 8.50. The third-order valence-corrected chi connectivity index (χ3v) is 4.67. The molecule has 9 heteroatoms. The van der Waals surface area contributed by atoms with Crippen molar-refractivity contribution in [2.45, 2.75) is 32.9 Å². The molecular formula is C24H23F2N5O2. The van der Waals surface area contributed by atoms with Gasteiger partial charge in [0.05, 0.1) is 12.2 Å². The van der Waals surface area contributed by atoms with Crippen molar-refractivity contribution in [2.75, 3.05) is 5.32 Å². The number of hydrogen-bond acceptors (Lipinski definition) is 5. The highest BCUT2D eigenvalue weighted by atomic mass is 19.1. The van der Waals surface area contributed by atoms with Crippen molar-refractivity contribution in [3.63, 3.8) is 0 Å². The van der Waals surface area contributed by atoms with Crippen molar-refractivity contribution < 1.29 is 13.5 Å². The van der Waals surface area contributed by atoms with E-state index in [2.05, 4.69) is 15.4 Å². The van der Waals surface area contributed by atoms with E-state index in [-0.39, 0.29) is 17.6 Å². The highest BCUT2D eigenvalue weighted by molar-refractivity contribution is 5.45. The molecule has 0 amide bonds. The number of rotatable bonds is 6. The van der Waals surface area contributed by atoms with E-state index in [0.29, 0.717) is 23.0 Å². The summed E-state index contributed by atoms with van der Waals surface area (Å²) < 4.78 is 36.0. The lowest BCUT2D eigenvalue weighted by molar-refractivity contribution is 0.481. The fourth-order valence-electron chi connectivity index (χ4n) is 3.19. The van der Waals surface area contributed by atoms with Crippen molar-refractivity contribution in [1.82, 2.24) is 19.3 Å². The SMILES string of the molecule is CC(C)(C)Nc1cc(Oc2ccc(-n3ncn(Cc4c(F)cccc4F)c3=O)cc2)ccn1. The Hall–Kier alpha value is -4.01. The summed E-state index contributed by atoms with van der Waals surface area (Å²) in [5, 5.41) is 7.35. The zero-order chi connectivity index (χ0) is 23.6. The molecule has 0 saturated heterocycles. The summed E-state index contributed by atoms with van der Waals surface area (Å²) >= 11 is 0. The highest BCUT2D eigenvalue weighted by Gasteiger charge is 2.14. The Morgan fingerprint density at radius 1 is 1.00 bits per heavy atom. The minimum absolute atomic E-state index is 0.137. The van der Waals surface area contributed by atoms with Crippen LogP contribution in [0.5, 0.6) is 11.5 Å². The van der Waals surface area contributed by atoms with Crippen molar-refractivity contribution in [2.24, 2.45) is 0 Å². The van der Waals surface area contributed by atoms with Crippen LogP contribution in [0.3, 0.4) is 0 Å². The molecule has 2 aromatic heterocycles. The van der Waals surface area contributed by atoms with E-state index >= 15 is 0 Å². The normalized spacial score (nSPS) is 11.4. The second kappa shape index (κ2) is 8.85. The Balaban J connectivity index is 1.50. The van der Waals surface area contributed by atoms with Gasteiger partial charge < -0.3 is 10.1 Å². The molecule has 4 aromatic rings. The van der Waals surface area contributed by atoms with Crippen LogP contribution in [0.25, 0.3) is 5.69 Å². The molecule has 7 nitrogen and oxygen atoms in total. The van der Waals surface area contributed by atoms with Crippen molar-refractivity contribution in [1.29, 1.82) is 0 Å². The lowest BCUT2D eigenvalue weighted by Crippen LogP contribution is -2.26. The minimum atomic E-state index is -0.715. The van der Waals surface area contributed by atoms with Gasteiger partial charge in [0, 0.05) is 23.4 Å². The van der Waals surface area contributed by atoms with E-state index in [4.69, 9.17) is 4.74 Å². The molecule has 4 rings (SSSR count). The number of nitrogens with zero attached hydrogens (tertiary/aromatic N) is 4. The lowest BCUT2D eigenvalue weighted by Gasteiger charge is -2.21. The Labute approximate surface area is 189 Å². The number of pyridine rings is 1. The zero-order valence-corrected chi connectivity index (χ0v) is 18.4. The molecule has 0 unspecified atom stereocenters. The largest absolute Gasteiger partial charge is 0.457 e. The average molecular weight is 451 g/mol. The molecule has 0 saturated carbocycles. The number of hydrogen-bond donors (Lipinski definition) is 1. The molecule has 0 bridgehead atoms. The van der Waals surface area contributed by atoms with Gasteiger partial charge in [-0.15, -0.1) is 0 Å². The van der Waals surface area contributed by atoms with Crippen LogP contribution >= 0.6 is 0 Å². The molecule has 0 atom stereocenters. The topological polar surface area (TPSA) is 74.0 Å². The van der Waals surface area contributed by atoms with E-state index in [1.54, 1.807) is 42.6 Å². The number of benzene rings is 2. The first-order chi connectivity index (χ1) is 15.7. The van der Waals surface area contributed by atoms with Gasteiger partial charge in [-0.1, -0.05) is 6.07 Å². The van der Waals surface area contributed by atoms with Gasteiger partial charge in [-0.3, -0.25) is 4.57 Å². The highest BCUT2D eigenvalue weighted by Crippen LogP contribution is 2.25. The molecule has 2 aromatic carbocycles. The molecule has 2 heterocycles. The van der Waals surface area contributed by atoms with Crippen LogP contribution in [-0.4, -0.2) is 24.9 Å². The van der Waals surface area contributed by atoms with Crippen LogP contribution in [0, 0.1) is 11.6 Å². The zero-order valence-electron chi connectivity index (χ0n) is 18.4.